The van der Waals surface area contributed by atoms with E-state index in [1.54, 1.807) is 0 Å². The molecule has 0 spiro atoms. The fourth-order valence-corrected chi connectivity index (χ4v) is 2.62. The number of aryl methyl sites for hydroxylation is 1. The number of rotatable bonds is 5. The summed E-state index contributed by atoms with van der Waals surface area (Å²) in [5.74, 6) is 2.86. The van der Waals surface area contributed by atoms with Crippen molar-refractivity contribution in [2.24, 2.45) is 0 Å². The molecule has 0 saturated carbocycles. The van der Waals surface area contributed by atoms with E-state index in [9.17, 15) is 0 Å². The van der Waals surface area contributed by atoms with E-state index in [1.165, 1.54) is 0 Å². The maximum atomic E-state index is 5.79. The molecule has 20 heavy (non-hydrogen) atoms. The second-order valence-electron chi connectivity index (χ2n) is 5.47. The van der Waals surface area contributed by atoms with E-state index >= 15 is 0 Å². The molecule has 112 valence electrons. The molecule has 0 aliphatic carbocycles. The number of hydrogen-bond donors (Lipinski definition) is 1. The Morgan fingerprint density at radius 1 is 1.25 bits per heavy atom. The van der Waals surface area contributed by atoms with Crippen molar-refractivity contribution in [1.29, 1.82) is 0 Å². The van der Waals surface area contributed by atoms with Crippen molar-refractivity contribution in [3.8, 4) is 0 Å². The van der Waals surface area contributed by atoms with Crippen LogP contribution in [-0.2, 0) is 11.2 Å². The highest BCUT2D eigenvalue weighted by atomic mass is 16.5. The van der Waals surface area contributed by atoms with Crippen molar-refractivity contribution in [3.63, 3.8) is 0 Å². The molecule has 2 heterocycles. The lowest BCUT2D eigenvalue weighted by molar-refractivity contribution is -0.00547. The Bertz CT molecular complexity index is 404. The lowest BCUT2D eigenvalue weighted by Gasteiger charge is -2.36. The number of anilines is 2. The van der Waals surface area contributed by atoms with Crippen molar-refractivity contribution in [3.05, 3.63) is 11.9 Å². The van der Waals surface area contributed by atoms with Crippen LogP contribution in [0.1, 0.15) is 39.9 Å². The van der Waals surface area contributed by atoms with Crippen LogP contribution in [0.15, 0.2) is 6.07 Å². The average Bonchev–Trinajstić information content (AvgIpc) is 2.38. The molecule has 1 fully saturated rings. The van der Waals surface area contributed by atoms with Gasteiger partial charge < -0.3 is 15.0 Å². The number of nitrogens with one attached hydrogen (secondary N) is 1. The summed E-state index contributed by atoms with van der Waals surface area (Å²) in [6.07, 6.45) is 2.46. The summed E-state index contributed by atoms with van der Waals surface area (Å²) in [4.78, 5) is 11.6. The topological polar surface area (TPSA) is 50.3 Å². The summed E-state index contributed by atoms with van der Waals surface area (Å²) in [6.45, 7) is 11.1. The first-order chi connectivity index (χ1) is 9.62. The fraction of sp³-hybridized carbons (Fsp3) is 0.733. The summed E-state index contributed by atoms with van der Waals surface area (Å²) >= 11 is 0. The van der Waals surface area contributed by atoms with Gasteiger partial charge in [-0.2, -0.15) is 0 Å². The van der Waals surface area contributed by atoms with Crippen LogP contribution >= 0.6 is 0 Å². The van der Waals surface area contributed by atoms with Crippen molar-refractivity contribution < 1.29 is 4.74 Å². The Morgan fingerprint density at radius 3 is 2.55 bits per heavy atom. The second kappa shape index (κ2) is 6.88. The molecule has 0 bridgehead atoms. The molecule has 1 N–H and O–H groups in total. The zero-order chi connectivity index (χ0) is 14.5. The van der Waals surface area contributed by atoms with Gasteiger partial charge in [-0.25, -0.2) is 9.97 Å². The summed E-state index contributed by atoms with van der Waals surface area (Å²) in [5, 5.41) is 3.30. The van der Waals surface area contributed by atoms with Gasteiger partial charge in [-0.1, -0.05) is 6.92 Å². The molecular weight excluding hydrogens is 252 g/mol. The average molecular weight is 278 g/mol. The molecule has 1 aliphatic heterocycles. The number of aromatic nitrogens is 2. The van der Waals surface area contributed by atoms with E-state index in [4.69, 9.17) is 9.72 Å². The summed E-state index contributed by atoms with van der Waals surface area (Å²) < 4.78 is 5.79. The van der Waals surface area contributed by atoms with Crippen LogP contribution in [-0.4, -0.2) is 41.8 Å². The first-order valence-corrected chi connectivity index (χ1v) is 7.64. The lowest BCUT2D eigenvalue weighted by Crippen LogP contribution is -2.46. The third kappa shape index (κ3) is 3.82. The zero-order valence-electron chi connectivity index (χ0n) is 13.0. The molecule has 0 aromatic carbocycles. The van der Waals surface area contributed by atoms with E-state index in [1.807, 2.05) is 6.07 Å². The SMILES string of the molecule is CCCc1nc(NCC)cc(N2C[C@@H](C)O[C@@H](C)C2)n1. The Hall–Kier alpha value is -1.36. The van der Waals surface area contributed by atoms with E-state index < -0.39 is 0 Å². The Morgan fingerprint density at radius 2 is 1.95 bits per heavy atom. The largest absolute Gasteiger partial charge is 0.372 e. The van der Waals surface area contributed by atoms with E-state index in [-0.39, 0.29) is 12.2 Å². The van der Waals surface area contributed by atoms with Gasteiger partial charge in [-0.05, 0) is 27.2 Å². The summed E-state index contributed by atoms with van der Waals surface area (Å²) in [7, 11) is 0. The Labute approximate surface area is 121 Å². The normalized spacial score (nSPS) is 22.9. The van der Waals surface area contributed by atoms with Gasteiger partial charge in [-0.15, -0.1) is 0 Å². The van der Waals surface area contributed by atoms with Gasteiger partial charge in [0.2, 0.25) is 0 Å². The van der Waals surface area contributed by atoms with Crippen LogP contribution in [0.25, 0.3) is 0 Å². The molecule has 5 heteroatoms. The molecule has 1 saturated heterocycles. The molecule has 0 amide bonds. The van der Waals surface area contributed by atoms with Crippen molar-refractivity contribution in [2.45, 2.75) is 52.7 Å². The van der Waals surface area contributed by atoms with Crippen LogP contribution in [0.3, 0.4) is 0 Å². The maximum Gasteiger partial charge on any atom is 0.134 e. The van der Waals surface area contributed by atoms with E-state index in [0.717, 1.165) is 49.9 Å². The van der Waals surface area contributed by atoms with Crippen LogP contribution in [0.5, 0.6) is 0 Å². The van der Waals surface area contributed by atoms with E-state index in [0.29, 0.717) is 0 Å². The van der Waals surface area contributed by atoms with Crippen LogP contribution in [0.4, 0.5) is 11.6 Å². The fourth-order valence-electron chi connectivity index (χ4n) is 2.62. The molecule has 1 aromatic rings. The monoisotopic (exact) mass is 278 g/mol. The molecule has 0 radical (unpaired) electrons. The van der Waals surface area contributed by atoms with Crippen LogP contribution in [0.2, 0.25) is 0 Å². The highest BCUT2D eigenvalue weighted by Gasteiger charge is 2.23. The zero-order valence-corrected chi connectivity index (χ0v) is 13.0. The predicted molar refractivity (Wildman–Crippen MR) is 82.4 cm³/mol. The van der Waals surface area contributed by atoms with Crippen molar-refractivity contribution in [1.82, 2.24) is 9.97 Å². The molecule has 2 rings (SSSR count). The lowest BCUT2D eigenvalue weighted by atomic mass is 10.2. The maximum absolute atomic E-state index is 5.79. The van der Waals surface area contributed by atoms with Gasteiger partial charge >= 0.3 is 0 Å². The Balaban J connectivity index is 2.24. The highest BCUT2D eigenvalue weighted by Crippen LogP contribution is 2.21. The quantitative estimate of drug-likeness (QED) is 0.896. The minimum Gasteiger partial charge on any atom is -0.372 e. The minimum atomic E-state index is 0.242. The van der Waals surface area contributed by atoms with Crippen LogP contribution in [0, 0.1) is 0 Å². The number of hydrogen-bond acceptors (Lipinski definition) is 5. The van der Waals surface area contributed by atoms with Crippen LogP contribution < -0.4 is 10.2 Å². The first-order valence-electron chi connectivity index (χ1n) is 7.64. The van der Waals surface area contributed by atoms with Gasteiger partial charge in [0.1, 0.15) is 17.5 Å². The summed E-state index contributed by atoms with van der Waals surface area (Å²) in [5.41, 5.74) is 0. The molecule has 1 aliphatic rings. The van der Waals surface area contributed by atoms with Gasteiger partial charge in [0.15, 0.2) is 0 Å². The smallest absolute Gasteiger partial charge is 0.134 e. The highest BCUT2D eigenvalue weighted by molar-refractivity contribution is 5.50. The number of nitrogens with zero attached hydrogens (tertiary/aromatic N) is 3. The van der Waals surface area contributed by atoms with Gasteiger partial charge in [0.25, 0.3) is 0 Å². The second-order valence-corrected chi connectivity index (χ2v) is 5.47. The Kier molecular flexibility index (Phi) is 5.17. The molecule has 5 nitrogen and oxygen atoms in total. The number of ether oxygens (including phenoxy) is 1. The van der Waals surface area contributed by atoms with Gasteiger partial charge in [0.05, 0.1) is 12.2 Å². The minimum absolute atomic E-state index is 0.242. The third-order valence-corrected chi connectivity index (χ3v) is 3.33. The van der Waals surface area contributed by atoms with Crippen molar-refractivity contribution >= 4 is 11.6 Å². The standard InChI is InChI=1S/C15H26N4O/c1-5-7-13-17-14(16-6-2)8-15(18-13)19-9-11(3)20-12(4)10-19/h8,11-12H,5-7,9-10H2,1-4H3,(H,16,17,18)/t11-,12+. The first kappa shape index (κ1) is 15.0. The van der Waals surface area contributed by atoms with E-state index in [2.05, 4.69) is 42.9 Å². The predicted octanol–water partition coefficient (Wildman–Crippen LogP) is 2.47. The van der Waals surface area contributed by atoms with Gasteiger partial charge in [-0.3, -0.25) is 0 Å². The van der Waals surface area contributed by atoms with Crippen molar-refractivity contribution in [2.75, 3.05) is 29.9 Å². The van der Waals surface area contributed by atoms with Gasteiger partial charge in [0, 0.05) is 32.1 Å². The summed E-state index contributed by atoms with van der Waals surface area (Å²) in [6, 6.07) is 2.05. The molecule has 2 atom stereocenters. The number of morpholine rings is 1. The molecule has 1 aromatic heterocycles. The third-order valence-electron chi connectivity index (χ3n) is 3.33. The molecular formula is C15H26N4O. The molecule has 0 unspecified atom stereocenters.